The number of benzene rings is 2. The fraction of sp³-hybridized carbons (Fsp3) is 0.188. The Bertz CT molecular complexity index is 428. The molecule has 0 saturated carbocycles. The van der Waals surface area contributed by atoms with E-state index in [1.807, 2.05) is 19.1 Å². The fourth-order valence-electron chi connectivity index (χ4n) is 1.51. The summed E-state index contributed by atoms with van der Waals surface area (Å²) in [5, 5.41) is 7.62. The van der Waals surface area contributed by atoms with Crippen molar-refractivity contribution >= 4 is 5.97 Å². The Morgan fingerprint density at radius 3 is 1.63 bits per heavy atom. The van der Waals surface area contributed by atoms with Crippen LogP contribution in [0.25, 0.3) is 11.1 Å². The van der Waals surface area contributed by atoms with Crippen LogP contribution in [0.15, 0.2) is 60.7 Å². The second-order valence-corrected chi connectivity index (χ2v) is 3.95. The van der Waals surface area contributed by atoms with Crippen molar-refractivity contribution in [3.8, 4) is 11.1 Å². The SMILES string of the molecule is CCCC(=O)OO.c1ccc(-c2ccccc2)cc1. The standard InChI is InChI=1S/C12H10.C4H8O3/c1-3-7-11(8-4-1)12-9-5-2-6-10-12;1-2-3-4(5)7-6/h1-10H;6H,2-3H2,1H3. The summed E-state index contributed by atoms with van der Waals surface area (Å²) >= 11 is 0. The minimum absolute atomic E-state index is 0.288. The molecule has 100 valence electrons. The molecule has 3 nitrogen and oxygen atoms in total. The molecule has 0 heterocycles. The van der Waals surface area contributed by atoms with Gasteiger partial charge in [-0.1, -0.05) is 67.6 Å². The molecule has 0 radical (unpaired) electrons. The summed E-state index contributed by atoms with van der Waals surface area (Å²) in [7, 11) is 0. The van der Waals surface area contributed by atoms with Gasteiger partial charge < -0.3 is 4.89 Å². The number of hydrogen-bond donors (Lipinski definition) is 1. The predicted octanol–water partition coefficient (Wildman–Crippen LogP) is 4.16. The molecule has 0 fully saturated rings. The molecule has 0 bridgehead atoms. The van der Waals surface area contributed by atoms with Crippen molar-refractivity contribution in [2.75, 3.05) is 0 Å². The van der Waals surface area contributed by atoms with Crippen LogP contribution in [-0.4, -0.2) is 11.2 Å². The maximum absolute atomic E-state index is 9.94. The van der Waals surface area contributed by atoms with E-state index in [9.17, 15) is 4.79 Å². The van der Waals surface area contributed by atoms with Crippen molar-refractivity contribution in [1.82, 2.24) is 0 Å². The highest BCUT2D eigenvalue weighted by Gasteiger charge is 1.95. The molecule has 0 aliphatic carbocycles. The Balaban J connectivity index is 0.000000224. The maximum Gasteiger partial charge on any atom is 0.342 e. The highest BCUT2D eigenvalue weighted by atomic mass is 17.1. The molecule has 0 unspecified atom stereocenters. The van der Waals surface area contributed by atoms with Gasteiger partial charge in [0.05, 0.1) is 0 Å². The average molecular weight is 258 g/mol. The van der Waals surface area contributed by atoms with E-state index in [0.29, 0.717) is 6.42 Å². The van der Waals surface area contributed by atoms with Crippen molar-refractivity contribution < 1.29 is 14.9 Å². The van der Waals surface area contributed by atoms with Crippen molar-refractivity contribution in [3.05, 3.63) is 60.7 Å². The number of hydrogen-bond acceptors (Lipinski definition) is 3. The van der Waals surface area contributed by atoms with Crippen LogP contribution in [0, 0.1) is 0 Å². The van der Waals surface area contributed by atoms with Crippen LogP contribution < -0.4 is 0 Å². The summed E-state index contributed by atoms with van der Waals surface area (Å²) in [5.41, 5.74) is 2.55. The van der Waals surface area contributed by atoms with Gasteiger partial charge in [0.25, 0.3) is 0 Å². The lowest BCUT2D eigenvalue weighted by atomic mass is 10.1. The van der Waals surface area contributed by atoms with E-state index in [4.69, 9.17) is 5.26 Å². The Kier molecular flexibility index (Phi) is 6.98. The van der Waals surface area contributed by atoms with Gasteiger partial charge in [0, 0.05) is 6.42 Å². The molecule has 0 aliphatic rings. The van der Waals surface area contributed by atoms with Crippen LogP contribution in [0.5, 0.6) is 0 Å². The van der Waals surface area contributed by atoms with Gasteiger partial charge in [0.2, 0.25) is 0 Å². The van der Waals surface area contributed by atoms with Crippen LogP contribution in [0.2, 0.25) is 0 Å². The van der Waals surface area contributed by atoms with E-state index in [1.165, 1.54) is 11.1 Å². The zero-order valence-electron chi connectivity index (χ0n) is 11.0. The first-order valence-electron chi connectivity index (χ1n) is 6.22. The van der Waals surface area contributed by atoms with Crippen LogP contribution in [-0.2, 0) is 9.68 Å². The smallest absolute Gasteiger partial charge is 0.301 e. The van der Waals surface area contributed by atoms with Gasteiger partial charge in [-0.3, -0.25) is 0 Å². The van der Waals surface area contributed by atoms with Crippen LogP contribution in [0.3, 0.4) is 0 Å². The molecule has 2 aromatic carbocycles. The summed E-state index contributed by atoms with van der Waals surface area (Å²) in [6, 6.07) is 20.8. The first kappa shape index (κ1) is 14.9. The Hall–Kier alpha value is -2.13. The summed E-state index contributed by atoms with van der Waals surface area (Å²) in [5.74, 6) is -0.567. The largest absolute Gasteiger partial charge is 0.342 e. The monoisotopic (exact) mass is 258 g/mol. The fourth-order valence-corrected chi connectivity index (χ4v) is 1.51. The number of carbonyl (C=O) groups is 1. The Labute approximate surface area is 113 Å². The van der Waals surface area contributed by atoms with E-state index >= 15 is 0 Å². The first-order chi connectivity index (χ1) is 9.27. The lowest BCUT2D eigenvalue weighted by molar-refractivity contribution is -0.234. The molecule has 0 amide bonds. The molecular weight excluding hydrogens is 240 g/mol. The minimum atomic E-state index is -0.567. The highest BCUT2D eigenvalue weighted by molar-refractivity contribution is 5.68. The van der Waals surface area contributed by atoms with Crippen molar-refractivity contribution in [2.45, 2.75) is 19.8 Å². The van der Waals surface area contributed by atoms with Gasteiger partial charge in [0.15, 0.2) is 0 Å². The third kappa shape index (κ3) is 5.84. The second-order valence-electron chi connectivity index (χ2n) is 3.95. The Morgan fingerprint density at radius 1 is 0.947 bits per heavy atom. The molecule has 0 aromatic heterocycles. The van der Waals surface area contributed by atoms with Gasteiger partial charge in [-0.25, -0.2) is 4.79 Å². The van der Waals surface area contributed by atoms with E-state index in [0.717, 1.165) is 0 Å². The predicted molar refractivity (Wildman–Crippen MR) is 75.5 cm³/mol. The zero-order chi connectivity index (χ0) is 13.9. The molecule has 0 saturated heterocycles. The maximum atomic E-state index is 9.94. The summed E-state index contributed by atoms with van der Waals surface area (Å²) in [6.45, 7) is 1.83. The molecule has 2 aromatic rings. The topological polar surface area (TPSA) is 46.5 Å². The van der Waals surface area contributed by atoms with E-state index in [-0.39, 0.29) is 6.42 Å². The lowest BCUT2D eigenvalue weighted by Gasteiger charge is -1.98. The highest BCUT2D eigenvalue weighted by Crippen LogP contribution is 2.17. The van der Waals surface area contributed by atoms with Crippen LogP contribution in [0.4, 0.5) is 0 Å². The van der Waals surface area contributed by atoms with Crippen LogP contribution >= 0.6 is 0 Å². The summed E-state index contributed by atoms with van der Waals surface area (Å²) < 4.78 is 0. The molecule has 0 atom stereocenters. The van der Waals surface area contributed by atoms with Crippen molar-refractivity contribution in [1.29, 1.82) is 0 Å². The zero-order valence-corrected chi connectivity index (χ0v) is 11.0. The van der Waals surface area contributed by atoms with Crippen molar-refractivity contribution in [3.63, 3.8) is 0 Å². The van der Waals surface area contributed by atoms with Gasteiger partial charge in [-0.2, -0.15) is 5.26 Å². The Morgan fingerprint density at radius 2 is 1.37 bits per heavy atom. The van der Waals surface area contributed by atoms with Crippen LogP contribution in [0.1, 0.15) is 19.8 Å². The van der Waals surface area contributed by atoms with Gasteiger partial charge >= 0.3 is 5.97 Å². The molecular formula is C16H18O3. The first-order valence-corrected chi connectivity index (χ1v) is 6.22. The van der Waals surface area contributed by atoms with Gasteiger partial charge in [-0.15, -0.1) is 0 Å². The van der Waals surface area contributed by atoms with Gasteiger partial charge in [0.1, 0.15) is 0 Å². The van der Waals surface area contributed by atoms with E-state index < -0.39 is 5.97 Å². The summed E-state index contributed by atoms with van der Waals surface area (Å²) in [6.07, 6.45) is 0.996. The molecule has 2 rings (SSSR count). The molecule has 19 heavy (non-hydrogen) atoms. The molecule has 1 N–H and O–H groups in total. The quantitative estimate of drug-likeness (QED) is 0.664. The average Bonchev–Trinajstić information content (AvgIpc) is 2.50. The molecule has 0 aliphatic heterocycles. The molecule has 0 spiro atoms. The van der Waals surface area contributed by atoms with Crippen molar-refractivity contribution in [2.24, 2.45) is 0 Å². The number of carbonyl (C=O) groups excluding carboxylic acids is 1. The second kappa shape index (κ2) is 8.89. The number of rotatable bonds is 3. The molecule has 3 heteroatoms. The lowest BCUT2D eigenvalue weighted by Crippen LogP contribution is -1.97. The van der Waals surface area contributed by atoms with Gasteiger partial charge in [-0.05, 0) is 17.5 Å². The minimum Gasteiger partial charge on any atom is -0.301 e. The van der Waals surface area contributed by atoms with E-state index in [1.54, 1.807) is 0 Å². The summed E-state index contributed by atoms with van der Waals surface area (Å²) in [4.78, 5) is 13.3. The van der Waals surface area contributed by atoms with E-state index in [2.05, 4.69) is 53.4 Å². The third-order valence-corrected chi connectivity index (χ3v) is 2.44. The normalized spacial score (nSPS) is 9.16. The third-order valence-electron chi connectivity index (χ3n) is 2.44.